The molecule has 0 bridgehead atoms. The Balaban J connectivity index is 2.31. The first kappa shape index (κ1) is 24.3. The Morgan fingerprint density at radius 3 is 2.03 bits per heavy atom. The lowest BCUT2D eigenvalue weighted by Gasteiger charge is -2.32. The Kier molecular flexibility index (Phi) is 7.64. The molecule has 2 rings (SSSR count). The molecule has 0 radical (unpaired) electrons. The number of carbonyl (C=O) groups excluding carboxylic acids is 1. The monoisotopic (exact) mass is 428 g/mol. The topological polar surface area (TPSA) is 58.2 Å². The molecular weight excluding hydrogens is 392 g/mol. The highest BCUT2D eigenvalue weighted by Crippen LogP contribution is 2.34. The zero-order valence-electron chi connectivity index (χ0n) is 19.5. The molecule has 0 saturated heterocycles. The molecule has 0 fully saturated rings. The van der Waals surface area contributed by atoms with Gasteiger partial charge in [-0.05, 0) is 36.5 Å². The molecule has 2 N–H and O–H groups in total. The van der Waals surface area contributed by atoms with Gasteiger partial charge in [0.15, 0.2) is 0 Å². The molecule has 2 aromatic rings. The normalized spacial score (nSPS) is 15.3. The molecule has 0 saturated carbocycles. The first-order valence-electron chi connectivity index (χ1n) is 10.4. The van der Waals surface area contributed by atoms with Crippen molar-refractivity contribution in [3.63, 3.8) is 0 Å². The second kappa shape index (κ2) is 9.44. The van der Waals surface area contributed by atoms with Crippen molar-refractivity contribution < 1.29 is 9.00 Å². The summed E-state index contributed by atoms with van der Waals surface area (Å²) in [6.45, 7) is 16.1. The van der Waals surface area contributed by atoms with Crippen LogP contribution in [0.3, 0.4) is 0 Å². The fraction of sp³-hybridized carbons (Fsp3) is 0.480. The predicted molar refractivity (Wildman–Crippen MR) is 125 cm³/mol. The molecule has 0 aliphatic rings. The van der Waals surface area contributed by atoms with Crippen molar-refractivity contribution in [2.75, 3.05) is 0 Å². The van der Waals surface area contributed by atoms with Crippen LogP contribution in [0.1, 0.15) is 77.2 Å². The third-order valence-corrected chi connectivity index (χ3v) is 6.34. The van der Waals surface area contributed by atoms with E-state index in [2.05, 4.69) is 62.0 Å². The fourth-order valence-corrected chi connectivity index (χ4v) is 4.66. The third kappa shape index (κ3) is 6.26. The molecule has 0 aliphatic heterocycles. The number of hydrogen-bond donors (Lipinski definition) is 2. The van der Waals surface area contributed by atoms with Gasteiger partial charge in [0.05, 0.1) is 10.9 Å². The molecule has 30 heavy (non-hydrogen) atoms. The van der Waals surface area contributed by atoms with E-state index in [9.17, 15) is 9.00 Å². The van der Waals surface area contributed by atoms with Gasteiger partial charge in [-0.2, -0.15) is 0 Å². The van der Waals surface area contributed by atoms with Crippen LogP contribution in [0.4, 0.5) is 0 Å². The van der Waals surface area contributed by atoms with Crippen LogP contribution >= 0.6 is 0 Å². The second-order valence-corrected chi connectivity index (χ2v) is 11.3. The molecule has 164 valence electrons. The van der Waals surface area contributed by atoms with Gasteiger partial charge in [-0.3, -0.25) is 4.79 Å². The molecule has 1 amide bonds. The summed E-state index contributed by atoms with van der Waals surface area (Å²) in [6, 6.07) is 15.6. The number of aryl methyl sites for hydroxylation is 1. The number of carbonyl (C=O) groups is 1. The van der Waals surface area contributed by atoms with Gasteiger partial charge in [-0.25, -0.2) is 8.93 Å². The lowest BCUT2D eigenvalue weighted by molar-refractivity contribution is -0.129. The van der Waals surface area contributed by atoms with Gasteiger partial charge in [-0.1, -0.05) is 89.6 Å². The maximum Gasteiger partial charge on any atom is 0.225 e. The number of amides is 1. The Labute approximate surface area is 184 Å². The van der Waals surface area contributed by atoms with E-state index >= 15 is 0 Å². The van der Waals surface area contributed by atoms with Crippen LogP contribution in [0.2, 0.25) is 0 Å². The van der Waals surface area contributed by atoms with Crippen molar-refractivity contribution in [3.05, 3.63) is 65.2 Å². The Morgan fingerprint density at radius 1 is 0.933 bits per heavy atom. The van der Waals surface area contributed by atoms with Crippen LogP contribution in [0.25, 0.3) is 0 Å². The van der Waals surface area contributed by atoms with Crippen LogP contribution in [0.5, 0.6) is 0 Å². The highest BCUT2D eigenvalue weighted by atomic mass is 32.2. The molecular formula is C25H36N2O2S. The average Bonchev–Trinajstić information content (AvgIpc) is 2.65. The minimum Gasteiger partial charge on any atom is -0.349 e. The van der Waals surface area contributed by atoms with Crippen molar-refractivity contribution in [3.8, 4) is 0 Å². The minimum absolute atomic E-state index is 0.0317. The van der Waals surface area contributed by atoms with Crippen molar-refractivity contribution in [1.29, 1.82) is 0 Å². The summed E-state index contributed by atoms with van der Waals surface area (Å²) in [5, 5.41) is 3.05. The van der Waals surface area contributed by atoms with E-state index in [4.69, 9.17) is 0 Å². The van der Waals surface area contributed by atoms with Gasteiger partial charge in [0, 0.05) is 11.5 Å². The molecule has 0 heterocycles. The molecule has 5 heteroatoms. The van der Waals surface area contributed by atoms with Crippen molar-refractivity contribution in [2.45, 2.75) is 72.4 Å². The maximum absolute atomic E-state index is 13.4. The van der Waals surface area contributed by atoms with Crippen LogP contribution in [-0.2, 0) is 15.8 Å². The number of benzene rings is 2. The predicted octanol–water partition coefficient (Wildman–Crippen LogP) is 5.62. The summed E-state index contributed by atoms with van der Waals surface area (Å²) in [6.07, 6.45) is 0. The van der Waals surface area contributed by atoms with Gasteiger partial charge in [0.25, 0.3) is 0 Å². The molecule has 0 aliphatic carbocycles. The van der Waals surface area contributed by atoms with Crippen LogP contribution in [0.15, 0.2) is 53.4 Å². The number of hydrogen-bond acceptors (Lipinski definition) is 2. The lowest BCUT2D eigenvalue weighted by Crippen LogP contribution is -2.37. The first-order chi connectivity index (χ1) is 13.8. The summed E-state index contributed by atoms with van der Waals surface area (Å²) in [5.41, 5.74) is 2.54. The maximum atomic E-state index is 13.4. The summed E-state index contributed by atoms with van der Waals surface area (Å²) < 4.78 is 16.8. The van der Waals surface area contributed by atoms with Crippen LogP contribution in [0, 0.1) is 17.8 Å². The van der Waals surface area contributed by atoms with E-state index in [1.165, 1.54) is 5.56 Å². The smallest absolute Gasteiger partial charge is 0.225 e. The zero-order chi connectivity index (χ0) is 22.7. The van der Waals surface area contributed by atoms with Gasteiger partial charge in [0.2, 0.25) is 5.91 Å². The van der Waals surface area contributed by atoms with Crippen molar-refractivity contribution in [2.24, 2.45) is 10.8 Å². The zero-order valence-corrected chi connectivity index (χ0v) is 20.3. The third-order valence-electron chi connectivity index (χ3n) is 5.12. The van der Waals surface area contributed by atoms with Gasteiger partial charge < -0.3 is 5.32 Å². The Bertz CT molecular complexity index is 893. The summed E-state index contributed by atoms with van der Waals surface area (Å²) in [5.74, 6) is -0.0317. The van der Waals surface area contributed by atoms with E-state index in [-0.39, 0.29) is 23.4 Å². The van der Waals surface area contributed by atoms with Crippen LogP contribution < -0.4 is 10.0 Å². The van der Waals surface area contributed by atoms with Crippen molar-refractivity contribution >= 4 is 16.9 Å². The van der Waals surface area contributed by atoms with E-state index in [1.54, 1.807) is 0 Å². The highest BCUT2D eigenvalue weighted by molar-refractivity contribution is 7.83. The Morgan fingerprint density at radius 2 is 1.50 bits per heavy atom. The quantitative estimate of drug-likeness (QED) is 0.627. The molecule has 0 aromatic heterocycles. The highest BCUT2D eigenvalue weighted by Gasteiger charge is 2.29. The molecule has 4 nitrogen and oxygen atoms in total. The molecule has 3 atom stereocenters. The standard InChI is InChI=1S/C25H36N2O2S/c1-17-13-15-19(16-14-17)22(24(3,4)5)27-30(29)21-12-10-9-11-20(21)18(2)26-23(28)25(6,7)8/h9-16,18,22,27H,1-8H3,(H,26,28)/t18-,22+,30?/m1/s1. The van der Waals surface area contributed by atoms with Gasteiger partial charge in [-0.15, -0.1) is 0 Å². The molecule has 1 unspecified atom stereocenters. The summed E-state index contributed by atoms with van der Waals surface area (Å²) in [7, 11) is -1.44. The van der Waals surface area contributed by atoms with Gasteiger partial charge >= 0.3 is 0 Å². The fourth-order valence-electron chi connectivity index (χ4n) is 3.17. The summed E-state index contributed by atoms with van der Waals surface area (Å²) in [4.78, 5) is 13.1. The summed E-state index contributed by atoms with van der Waals surface area (Å²) >= 11 is 0. The number of nitrogens with one attached hydrogen (secondary N) is 2. The molecule has 0 spiro atoms. The number of rotatable bonds is 6. The van der Waals surface area contributed by atoms with E-state index in [0.717, 1.165) is 11.1 Å². The first-order valence-corrected chi connectivity index (χ1v) is 11.6. The van der Waals surface area contributed by atoms with Gasteiger partial charge in [0.1, 0.15) is 11.0 Å². The average molecular weight is 429 g/mol. The molecule has 2 aromatic carbocycles. The van der Waals surface area contributed by atoms with E-state index in [1.807, 2.05) is 52.0 Å². The van der Waals surface area contributed by atoms with Crippen molar-refractivity contribution in [1.82, 2.24) is 10.0 Å². The largest absolute Gasteiger partial charge is 0.349 e. The SMILES string of the molecule is Cc1ccc([C@H](NS(=O)c2ccccc2[C@@H](C)NC(=O)C(C)(C)C)C(C)(C)C)cc1. The Hall–Kier alpha value is -1.98. The lowest BCUT2D eigenvalue weighted by atomic mass is 9.83. The van der Waals surface area contributed by atoms with Crippen LogP contribution in [-0.4, -0.2) is 10.1 Å². The minimum atomic E-state index is -1.44. The van der Waals surface area contributed by atoms with E-state index < -0.39 is 16.4 Å². The van der Waals surface area contributed by atoms with E-state index in [0.29, 0.717) is 4.90 Å². The second-order valence-electron chi connectivity index (χ2n) is 10.1.